The molecule has 0 saturated carbocycles. The van der Waals surface area contributed by atoms with Crippen LogP contribution in [0.5, 0.6) is 0 Å². The highest BCUT2D eigenvalue weighted by Gasteiger charge is 2.45. The van der Waals surface area contributed by atoms with Crippen molar-refractivity contribution in [3.05, 3.63) is 29.8 Å². The zero-order chi connectivity index (χ0) is 14.4. The molecule has 4 rings (SSSR count). The molecular formula is C16H21ClN4O. The van der Waals surface area contributed by atoms with Gasteiger partial charge < -0.3 is 15.1 Å². The van der Waals surface area contributed by atoms with Crippen molar-refractivity contribution in [2.45, 2.75) is 24.4 Å². The van der Waals surface area contributed by atoms with Gasteiger partial charge in [-0.2, -0.15) is 0 Å². The maximum Gasteiger partial charge on any atom is 0.232 e. The van der Waals surface area contributed by atoms with Crippen LogP contribution in [-0.2, 0) is 4.79 Å². The summed E-state index contributed by atoms with van der Waals surface area (Å²) in [6.45, 7) is 2.37. The van der Waals surface area contributed by atoms with Crippen LogP contribution in [0.15, 0.2) is 29.3 Å². The first-order chi connectivity index (χ1) is 10.3. The van der Waals surface area contributed by atoms with Crippen LogP contribution in [0.1, 0.15) is 17.9 Å². The molecule has 6 heteroatoms. The third-order valence-corrected chi connectivity index (χ3v) is 4.97. The fourth-order valence-electron chi connectivity index (χ4n) is 3.88. The van der Waals surface area contributed by atoms with Gasteiger partial charge in [0.05, 0.1) is 24.8 Å². The summed E-state index contributed by atoms with van der Waals surface area (Å²) in [4.78, 5) is 21.4. The lowest BCUT2D eigenvalue weighted by molar-refractivity contribution is -0.135. The first-order valence-corrected chi connectivity index (χ1v) is 7.60. The van der Waals surface area contributed by atoms with Gasteiger partial charge in [-0.1, -0.05) is 18.2 Å². The molecule has 0 radical (unpaired) electrons. The number of para-hydroxylation sites is 1. The zero-order valence-electron chi connectivity index (χ0n) is 12.6. The van der Waals surface area contributed by atoms with Crippen LogP contribution in [0, 0.1) is 0 Å². The Morgan fingerprint density at radius 1 is 1.36 bits per heavy atom. The fraction of sp³-hybridized carbons (Fsp3) is 0.500. The normalized spacial score (nSPS) is 29.0. The van der Waals surface area contributed by atoms with E-state index in [2.05, 4.69) is 40.5 Å². The van der Waals surface area contributed by atoms with Crippen molar-refractivity contribution in [1.29, 1.82) is 0 Å². The molecule has 3 unspecified atom stereocenters. The number of benzene rings is 1. The number of nitrogens with zero attached hydrogens (tertiary/aromatic N) is 3. The number of fused-ring (bicyclic) bond motifs is 3. The Kier molecular flexibility index (Phi) is 4.00. The molecule has 3 aliphatic rings. The summed E-state index contributed by atoms with van der Waals surface area (Å²) in [5.41, 5.74) is 2.40. The minimum Gasteiger partial charge on any atom is -0.370 e. The molecule has 1 saturated heterocycles. The van der Waals surface area contributed by atoms with Crippen molar-refractivity contribution in [2.75, 3.05) is 31.6 Å². The molecule has 1 fully saturated rings. The van der Waals surface area contributed by atoms with Gasteiger partial charge in [-0.25, -0.2) is 0 Å². The number of carbonyl (C=O) groups excluding carboxylic acids is 1. The molecule has 1 aromatic carbocycles. The van der Waals surface area contributed by atoms with Crippen molar-refractivity contribution >= 4 is 30.3 Å². The zero-order valence-corrected chi connectivity index (χ0v) is 13.4. The Hall–Kier alpha value is -1.75. The highest BCUT2D eigenvalue weighted by atomic mass is 35.5. The predicted octanol–water partition coefficient (Wildman–Crippen LogP) is 1.24. The number of aliphatic imine (C=N–C) groups is 1. The van der Waals surface area contributed by atoms with E-state index in [4.69, 9.17) is 0 Å². The number of carbonyl (C=O) groups is 1. The topological polar surface area (TPSA) is 47.9 Å². The van der Waals surface area contributed by atoms with Gasteiger partial charge >= 0.3 is 0 Å². The molecule has 0 aromatic heterocycles. The number of likely N-dealkylation sites (N-methyl/N-ethyl adjacent to an activating group) is 1. The van der Waals surface area contributed by atoms with Gasteiger partial charge in [-0.3, -0.25) is 9.79 Å². The van der Waals surface area contributed by atoms with E-state index in [1.807, 2.05) is 11.0 Å². The van der Waals surface area contributed by atoms with E-state index in [-0.39, 0.29) is 30.3 Å². The number of hydrogen-bond acceptors (Lipinski definition) is 4. The molecule has 5 nitrogen and oxygen atoms in total. The molecule has 1 amide bonds. The summed E-state index contributed by atoms with van der Waals surface area (Å²) in [7, 11) is 2.11. The molecular weight excluding hydrogens is 300 g/mol. The van der Waals surface area contributed by atoms with E-state index in [1.54, 1.807) is 6.34 Å². The Morgan fingerprint density at radius 2 is 2.18 bits per heavy atom. The number of anilines is 1. The molecule has 0 aliphatic carbocycles. The van der Waals surface area contributed by atoms with Crippen LogP contribution in [0.25, 0.3) is 0 Å². The number of halogens is 1. The number of likely N-dealkylation sites (tertiary alicyclic amines) is 1. The van der Waals surface area contributed by atoms with Gasteiger partial charge in [-0.15, -0.1) is 12.4 Å². The maximum atomic E-state index is 12.9. The number of piperidine rings is 1. The molecule has 3 atom stereocenters. The van der Waals surface area contributed by atoms with E-state index in [1.165, 1.54) is 11.3 Å². The average Bonchev–Trinajstić information content (AvgIpc) is 3.10. The lowest BCUT2D eigenvalue weighted by Gasteiger charge is -2.38. The lowest BCUT2D eigenvalue weighted by atomic mass is 9.88. The highest BCUT2D eigenvalue weighted by molar-refractivity contribution is 5.90. The van der Waals surface area contributed by atoms with E-state index in [0.717, 1.165) is 26.1 Å². The second-order valence-electron chi connectivity index (χ2n) is 6.15. The van der Waals surface area contributed by atoms with Crippen molar-refractivity contribution in [1.82, 2.24) is 10.2 Å². The highest BCUT2D eigenvalue weighted by Crippen LogP contribution is 2.44. The second-order valence-corrected chi connectivity index (χ2v) is 6.15. The minimum atomic E-state index is 0. The van der Waals surface area contributed by atoms with Crippen molar-refractivity contribution in [3.63, 3.8) is 0 Å². The van der Waals surface area contributed by atoms with Crippen LogP contribution in [-0.4, -0.2) is 55.9 Å². The Labute approximate surface area is 136 Å². The van der Waals surface area contributed by atoms with Crippen LogP contribution < -0.4 is 10.2 Å². The molecule has 3 aliphatic heterocycles. The quantitative estimate of drug-likeness (QED) is 0.892. The fourth-order valence-corrected chi connectivity index (χ4v) is 3.88. The summed E-state index contributed by atoms with van der Waals surface area (Å²) in [6.07, 6.45) is 2.79. The predicted molar refractivity (Wildman–Crippen MR) is 90.1 cm³/mol. The summed E-state index contributed by atoms with van der Waals surface area (Å²) in [5, 5.41) is 3.22. The molecule has 1 aromatic rings. The van der Waals surface area contributed by atoms with Gasteiger partial charge in [-0.05, 0) is 18.1 Å². The SMILES string of the molecule is CN1c2ccccc2C2C(=O)N(CC3CN=CN3)CCC21.Cl. The number of rotatable bonds is 2. The third kappa shape index (κ3) is 2.24. The molecule has 3 heterocycles. The van der Waals surface area contributed by atoms with Gasteiger partial charge in [0.1, 0.15) is 0 Å². The summed E-state index contributed by atoms with van der Waals surface area (Å²) < 4.78 is 0. The van der Waals surface area contributed by atoms with Crippen LogP contribution in [0.3, 0.4) is 0 Å². The van der Waals surface area contributed by atoms with Gasteiger partial charge in [0.15, 0.2) is 0 Å². The largest absolute Gasteiger partial charge is 0.370 e. The molecule has 22 heavy (non-hydrogen) atoms. The molecule has 1 N–H and O–H groups in total. The van der Waals surface area contributed by atoms with Crippen molar-refractivity contribution in [3.8, 4) is 0 Å². The average molecular weight is 321 g/mol. The molecule has 0 bridgehead atoms. The summed E-state index contributed by atoms with van der Waals surface area (Å²) >= 11 is 0. The number of nitrogens with one attached hydrogen (secondary N) is 1. The Balaban J connectivity index is 0.00000144. The van der Waals surface area contributed by atoms with E-state index in [9.17, 15) is 4.79 Å². The standard InChI is InChI=1S/C16H20N4O.ClH/c1-19-13-5-3-2-4-12(13)15-14(19)6-7-20(16(15)21)9-11-8-17-10-18-11;/h2-5,10-11,14-15H,6-9H2,1H3,(H,17,18);1H. The van der Waals surface area contributed by atoms with Crippen molar-refractivity contribution < 1.29 is 4.79 Å². The first-order valence-electron chi connectivity index (χ1n) is 7.60. The molecule has 118 valence electrons. The van der Waals surface area contributed by atoms with E-state index >= 15 is 0 Å². The lowest BCUT2D eigenvalue weighted by Crippen LogP contribution is -2.52. The number of amides is 1. The number of hydrogen-bond donors (Lipinski definition) is 1. The van der Waals surface area contributed by atoms with Crippen LogP contribution in [0.2, 0.25) is 0 Å². The Bertz CT molecular complexity index is 598. The van der Waals surface area contributed by atoms with Crippen LogP contribution >= 0.6 is 12.4 Å². The minimum absolute atomic E-state index is 0. The summed E-state index contributed by atoms with van der Waals surface area (Å²) in [5.74, 6) is 0.277. The van der Waals surface area contributed by atoms with Gasteiger partial charge in [0, 0.05) is 31.9 Å². The Morgan fingerprint density at radius 3 is 2.95 bits per heavy atom. The first kappa shape index (κ1) is 15.2. The van der Waals surface area contributed by atoms with Crippen molar-refractivity contribution in [2.24, 2.45) is 4.99 Å². The summed E-state index contributed by atoms with van der Waals surface area (Å²) in [6, 6.07) is 8.91. The molecule has 0 spiro atoms. The van der Waals surface area contributed by atoms with Gasteiger partial charge in [0.2, 0.25) is 5.91 Å². The monoisotopic (exact) mass is 320 g/mol. The van der Waals surface area contributed by atoms with Crippen LogP contribution in [0.4, 0.5) is 5.69 Å². The smallest absolute Gasteiger partial charge is 0.232 e. The maximum absolute atomic E-state index is 12.9. The second kappa shape index (κ2) is 5.80. The van der Waals surface area contributed by atoms with Gasteiger partial charge in [0.25, 0.3) is 0 Å². The third-order valence-electron chi connectivity index (χ3n) is 4.97. The van der Waals surface area contributed by atoms with E-state index < -0.39 is 0 Å². The van der Waals surface area contributed by atoms with E-state index in [0.29, 0.717) is 6.04 Å².